The molecule has 1 heterocycles. The van der Waals surface area contributed by atoms with Crippen molar-refractivity contribution in [1.82, 2.24) is 0 Å². The Morgan fingerprint density at radius 1 is 1.23 bits per heavy atom. The summed E-state index contributed by atoms with van der Waals surface area (Å²) in [4.78, 5) is 22.6. The van der Waals surface area contributed by atoms with E-state index in [1.54, 1.807) is 25.1 Å². The number of aromatic carboxylic acids is 1. The summed E-state index contributed by atoms with van der Waals surface area (Å²) in [5, 5.41) is 9.16. The molecule has 0 spiro atoms. The summed E-state index contributed by atoms with van der Waals surface area (Å²) in [5.41, 5.74) is 5.79. The van der Waals surface area contributed by atoms with Gasteiger partial charge in [0.1, 0.15) is 5.75 Å². The molecule has 1 aliphatic rings. The molecule has 26 heavy (non-hydrogen) atoms. The molecule has 0 fully saturated rings. The van der Waals surface area contributed by atoms with Crippen molar-refractivity contribution in [1.29, 1.82) is 0 Å². The highest BCUT2D eigenvalue weighted by Crippen LogP contribution is 2.37. The van der Waals surface area contributed by atoms with Crippen molar-refractivity contribution in [3.8, 4) is 5.75 Å². The van der Waals surface area contributed by atoms with E-state index < -0.39 is 28.0 Å². The first-order valence-corrected chi connectivity index (χ1v) is 9.07. The fourth-order valence-electron chi connectivity index (χ4n) is 2.71. The Bertz CT molecular complexity index is 1000. The molecular weight excluding hydrogens is 360 g/mol. The van der Waals surface area contributed by atoms with Crippen LogP contribution in [-0.2, 0) is 14.8 Å². The highest BCUT2D eigenvalue weighted by molar-refractivity contribution is 7.93. The SMILES string of the molecule is Cc1ccc(C(=O)O)cc1S(=O)(=O)N1CC(C(N)=O)Oc2ccccc21. The lowest BCUT2D eigenvalue weighted by Gasteiger charge is -2.34. The van der Waals surface area contributed by atoms with Crippen LogP contribution < -0.4 is 14.8 Å². The zero-order chi connectivity index (χ0) is 19.1. The van der Waals surface area contributed by atoms with Crippen molar-refractivity contribution >= 4 is 27.6 Å². The van der Waals surface area contributed by atoms with E-state index in [4.69, 9.17) is 15.6 Å². The van der Waals surface area contributed by atoms with Gasteiger partial charge in [-0.15, -0.1) is 0 Å². The summed E-state index contributed by atoms with van der Waals surface area (Å²) in [6, 6.07) is 10.2. The van der Waals surface area contributed by atoms with Crippen LogP contribution in [0.1, 0.15) is 15.9 Å². The van der Waals surface area contributed by atoms with Crippen molar-refractivity contribution < 1.29 is 27.9 Å². The van der Waals surface area contributed by atoms with Gasteiger partial charge in [0, 0.05) is 0 Å². The number of aryl methyl sites for hydroxylation is 1. The third-order valence-electron chi connectivity index (χ3n) is 4.06. The molecule has 8 nitrogen and oxygen atoms in total. The van der Waals surface area contributed by atoms with E-state index >= 15 is 0 Å². The number of nitrogens with two attached hydrogens (primary N) is 1. The molecule has 3 N–H and O–H groups in total. The molecule has 1 unspecified atom stereocenters. The van der Waals surface area contributed by atoms with E-state index in [9.17, 15) is 18.0 Å². The van der Waals surface area contributed by atoms with Crippen molar-refractivity contribution in [2.24, 2.45) is 5.73 Å². The minimum Gasteiger partial charge on any atom is -0.478 e. The van der Waals surface area contributed by atoms with Crippen LogP contribution in [0.2, 0.25) is 0 Å². The second-order valence-electron chi connectivity index (χ2n) is 5.80. The maximum absolute atomic E-state index is 13.2. The normalized spacial score (nSPS) is 16.5. The predicted octanol–water partition coefficient (Wildman–Crippen LogP) is 1.13. The minimum absolute atomic E-state index is 0.151. The Morgan fingerprint density at radius 2 is 1.92 bits per heavy atom. The summed E-state index contributed by atoms with van der Waals surface area (Å²) in [6.07, 6.45) is -1.15. The van der Waals surface area contributed by atoms with Gasteiger partial charge in [-0.2, -0.15) is 0 Å². The Morgan fingerprint density at radius 3 is 2.58 bits per heavy atom. The molecular formula is C17H16N2O6S. The van der Waals surface area contributed by atoms with E-state index in [2.05, 4.69) is 0 Å². The molecule has 1 aliphatic heterocycles. The van der Waals surface area contributed by atoms with E-state index in [-0.39, 0.29) is 28.4 Å². The van der Waals surface area contributed by atoms with Gasteiger partial charge < -0.3 is 15.6 Å². The van der Waals surface area contributed by atoms with Gasteiger partial charge in [-0.25, -0.2) is 13.2 Å². The van der Waals surface area contributed by atoms with Gasteiger partial charge in [-0.3, -0.25) is 9.10 Å². The highest BCUT2D eigenvalue weighted by atomic mass is 32.2. The Balaban J connectivity index is 2.16. The number of fused-ring (bicyclic) bond motifs is 1. The van der Waals surface area contributed by atoms with Crippen molar-refractivity contribution in [3.05, 3.63) is 53.6 Å². The molecule has 1 atom stereocenters. The lowest BCUT2D eigenvalue weighted by molar-refractivity contribution is -0.124. The first-order chi connectivity index (χ1) is 12.2. The maximum Gasteiger partial charge on any atom is 0.335 e. The number of sulfonamides is 1. The molecule has 9 heteroatoms. The van der Waals surface area contributed by atoms with Gasteiger partial charge in [-0.05, 0) is 36.8 Å². The molecule has 2 aromatic carbocycles. The van der Waals surface area contributed by atoms with E-state index in [1.165, 1.54) is 18.2 Å². The topological polar surface area (TPSA) is 127 Å². The van der Waals surface area contributed by atoms with Gasteiger partial charge in [0.05, 0.1) is 22.7 Å². The number of hydrogen-bond donors (Lipinski definition) is 2. The molecule has 136 valence electrons. The second-order valence-corrected chi connectivity index (χ2v) is 7.63. The van der Waals surface area contributed by atoms with Crippen molar-refractivity contribution in [2.45, 2.75) is 17.9 Å². The predicted molar refractivity (Wildman–Crippen MR) is 92.7 cm³/mol. The third-order valence-corrected chi connectivity index (χ3v) is 5.98. The molecule has 0 saturated heterocycles. The third kappa shape index (κ3) is 2.97. The van der Waals surface area contributed by atoms with E-state index in [0.717, 1.165) is 10.4 Å². The largest absolute Gasteiger partial charge is 0.478 e. The van der Waals surface area contributed by atoms with Crippen LogP contribution >= 0.6 is 0 Å². The molecule has 0 aromatic heterocycles. The first-order valence-electron chi connectivity index (χ1n) is 7.63. The van der Waals surface area contributed by atoms with E-state index in [0.29, 0.717) is 5.56 Å². The zero-order valence-electron chi connectivity index (χ0n) is 13.7. The van der Waals surface area contributed by atoms with Gasteiger partial charge in [0.2, 0.25) is 0 Å². The lowest BCUT2D eigenvalue weighted by Crippen LogP contribution is -2.49. The van der Waals surface area contributed by atoms with Gasteiger partial charge in [-0.1, -0.05) is 18.2 Å². The van der Waals surface area contributed by atoms with Gasteiger partial charge >= 0.3 is 5.97 Å². The molecule has 1 amide bonds. The monoisotopic (exact) mass is 376 g/mol. The molecule has 0 aliphatic carbocycles. The smallest absolute Gasteiger partial charge is 0.335 e. The number of carbonyl (C=O) groups excluding carboxylic acids is 1. The number of benzene rings is 2. The molecule has 2 aromatic rings. The van der Waals surface area contributed by atoms with Crippen LogP contribution in [0.25, 0.3) is 0 Å². The maximum atomic E-state index is 13.2. The Hall–Kier alpha value is -3.07. The molecule has 0 saturated carbocycles. The second kappa shape index (κ2) is 6.34. The number of ether oxygens (including phenoxy) is 1. The fourth-order valence-corrected chi connectivity index (χ4v) is 4.44. The van der Waals surface area contributed by atoms with Crippen LogP contribution in [0.15, 0.2) is 47.4 Å². The zero-order valence-corrected chi connectivity index (χ0v) is 14.6. The number of nitrogens with zero attached hydrogens (tertiary/aromatic N) is 1. The molecule has 0 radical (unpaired) electrons. The van der Waals surface area contributed by atoms with Crippen LogP contribution in [0.4, 0.5) is 5.69 Å². The summed E-state index contributed by atoms with van der Waals surface area (Å²) in [6.45, 7) is 1.27. The number of rotatable bonds is 4. The number of carboxylic acid groups (broad SMARTS) is 1. The average molecular weight is 376 g/mol. The number of carbonyl (C=O) groups is 2. The van der Waals surface area contributed by atoms with Crippen LogP contribution in [0.5, 0.6) is 5.75 Å². The molecule has 0 bridgehead atoms. The minimum atomic E-state index is -4.15. The number of para-hydroxylation sites is 2. The number of primary amides is 1. The van der Waals surface area contributed by atoms with Gasteiger partial charge in [0.15, 0.2) is 6.10 Å². The lowest BCUT2D eigenvalue weighted by atomic mass is 10.1. The van der Waals surface area contributed by atoms with Crippen molar-refractivity contribution in [3.63, 3.8) is 0 Å². The van der Waals surface area contributed by atoms with Crippen LogP contribution in [0, 0.1) is 6.92 Å². The van der Waals surface area contributed by atoms with Crippen molar-refractivity contribution in [2.75, 3.05) is 10.8 Å². The van der Waals surface area contributed by atoms with Gasteiger partial charge in [0.25, 0.3) is 15.9 Å². The number of hydrogen-bond acceptors (Lipinski definition) is 5. The summed E-state index contributed by atoms with van der Waals surface area (Å²) < 4.78 is 33.0. The standard InChI is InChI=1S/C17H16N2O6S/c1-10-6-7-11(17(21)22)8-15(10)26(23,24)19-9-14(16(18)20)25-13-5-3-2-4-12(13)19/h2-8,14H,9H2,1H3,(H2,18,20)(H,21,22). The van der Waals surface area contributed by atoms with E-state index in [1.807, 2.05) is 0 Å². The Kier molecular flexibility index (Phi) is 4.33. The summed E-state index contributed by atoms with van der Waals surface area (Å²) >= 11 is 0. The molecule has 3 rings (SSSR count). The van der Waals surface area contributed by atoms with Crippen LogP contribution in [0.3, 0.4) is 0 Å². The highest BCUT2D eigenvalue weighted by Gasteiger charge is 2.37. The number of anilines is 1. The average Bonchev–Trinajstić information content (AvgIpc) is 2.60. The summed E-state index contributed by atoms with van der Waals surface area (Å²) in [5.74, 6) is -1.83. The van der Waals surface area contributed by atoms with Crippen LogP contribution in [-0.4, -0.2) is 38.0 Å². The fraction of sp³-hybridized carbons (Fsp3) is 0.176. The first kappa shape index (κ1) is 17.7. The quantitative estimate of drug-likeness (QED) is 0.824. The number of carboxylic acids is 1. The summed E-state index contributed by atoms with van der Waals surface area (Å²) in [7, 11) is -4.15. The number of amides is 1. The Labute approximate surface area is 149 Å².